The van der Waals surface area contributed by atoms with Gasteiger partial charge in [-0.1, -0.05) is 12.1 Å². The third-order valence-corrected chi connectivity index (χ3v) is 4.75. The number of ether oxygens (including phenoxy) is 1. The first-order valence-corrected chi connectivity index (χ1v) is 7.96. The predicted molar refractivity (Wildman–Crippen MR) is 83.3 cm³/mol. The van der Waals surface area contributed by atoms with Crippen molar-refractivity contribution in [3.05, 3.63) is 30.1 Å². The number of hydrogen-bond acceptors (Lipinski definition) is 4. The van der Waals surface area contributed by atoms with Gasteiger partial charge in [-0.3, -0.25) is 9.59 Å². The van der Waals surface area contributed by atoms with Gasteiger partial charge in [-0.15, -0.1) is 0 Å². The topological polar surface area (TPSA) is 58.6 Å². The fraction of sp³-hybridized carbons (Fsp3) is 0.529. The number of likely N-dealkylation sites (tertiary alicyclic amines) is 1. The molecule has 1 aromatic rings. The van der Waals surface area contributed by atoms with Crippen LogP contribution in [0.3, 0.4) is 0 Å². The summed E-state index contributed by atoms with van der Waals surface area (Å²) in [5.41, 5.74) is -0.439. The molecule has 0 atom stereocenters. The molecule has 23 heavy (non-hydrogen) atoms. The molecule has 6 heteroatoms. The van der Waals surface area contributed by atoms with Gasteiger partial charge in [0.25, 0.3) is 0 Å². The summed E-state index contributed by atoms with van der Waals surface area (Å²) in [6, 6.07) is 6.71. The van der Waals surface area contributed by atoms with Gasteiger partial charge in [-0.2, -0.15) is 0 Å². The van der Waals surface area contributed by atoms with Crippen LogP contribution in [0.15, 0.2) is 24.3 Å². The zero-order valence-corrected chi connectivity index (χ0v) is 13.2. The number of rotatable bonds is 4. The van der Waals surface area contributed by atoms with Gasteiger partial charge in [0.15, 0.2) is 0 Å². The van der Waals surface area contributed by atoms with E-state index in [1.807, 2.05) is 0 Å². The van der Waals surface area contributed by atoms with Crippen molar-refractivity contribution in [3.63, 3.8) is 0 Å². The first kappa shape index (κ1) is 15.8. The van der Waals surface area contributed by atoms with Crippen molar-refractivity contribution in [3.8, 4) is 0 Å². The number of nitrogens with zero attached hydrogens (tertiary/aromatic N) is 1. The minimum atomic E-state index is -0.930. The average Bonchev–Trinajstić information content (AvgIpc) is 3.38. The van der Waals surface area contributed by atoms with E-state index in [1.54, 1.807) is 23.1 Å². The van der Waals surface area contributed by atoms with Crippen LogP contribution in [0.25, 0.3) is 0 Å². The second-order valence-corrected chi connectivity index (χ2v) is 6.26. The van der Waals surface area contributed by atoms with Gasteiger partial charge in [-0.25, -0.2) is 4.39 Å². The molecular formula is C17H21FN2O3. The number of esters is 1. The number of benzene rings is 1. The summed E-state index contributed by atoms with van der Waals surface area (Å²) in [6.45, 7) is 1.15. The molecule has 1 aromatic carbocycles. The fourth-order valence-corrected chi connectivity index (χ4v) is 3.15. The molecule has 3 rings (SSSR count). The van der Waals surface area contributed by atoms with Crippen LogP contribution in [-0.4, -0.2) is 43.0 Å². The van der Waals surface area contributed by atoms with Gasteiger partial charge in [0, 0.05) is 19.1 Å². The van der Waals surface area contributed by atoms with Gasteiger partial charge in [0.2, 0.25) is 5.91 Å². The molecule has 1 amide bonds. The van der Waals surface area contributed by atoms with Crippen molar-refractivity contribution in [2.75, 3.05) is 25.5 Å². The number of amides is 1. The fourth-order valence-electron chi connectivity index (χ4n) is 3.15. The van der Waals surface area contributed by atoms with Crippen LogP contribution in [0, 0.1) is 11.2 Å². The van der Waals surface area contributed by atoms with E-state index >= 15 is 0 Å². The van der Waals surface area contributed by atoms with Crippen LogP contribution in [0.5, 0.6) is 0 Å². The van der Waals surface area contributed by atoms with E-state index in [0.717, 1.165) is 12.8 Å². The van der Waals surface area contributed by atoms with E-state index in [0.29, 0.717) is 31.6 Å². The van der Waals surface area contributed by atoms with Crippen molar-refractivity contribution >= 4 is 17.6 Å². The van der Waals surface area contributed by atoms with Gasteiger partial charge in [-0.05, 0) is 37.8 Å². The third kappa shape index (κ3) is 3.02. The van der Waals surface area contributed by atoms with E-state index in [4.69, 9.17) is 4.74 Å². The van der Waals surface area contributed by atoms with E-state index in [-0.39, 0.29) is 17.8 Å². The second kappa shape index (κ2) is 6.18. The lowest BCUT2D eigenvalue weighted by Gasteiger charge is -2.34. The van der Waals surface area contributed by atoms with Gasteiger partial charge in [0.1, 0.15) is 11.2 Å². The maximum atomic E-state index is 13.7. The Bertz CT molecular complexity index is 608. The number of methoxy groups -OCH3 is 1. The highest BCUT2D eigenvalue weighted by Gasteiger charge is 2.59. The van der Waals surface area contributed by atoms with Crippen LogP contribution in [0.2, 0.25) is 0 Å². The Balaban J connectivity index is 1.56. The molecule has 1 saturated carbocycles. The lowest BCUT2D eigenvalue weighted by Crippen LogP contribution is -2.47. The lowest BCUT2D eigenvalue weighted by atomic mass is 10.00. The number of carbonyl (C=O) groups excluding carboxylic acids is 2. The molecular weight excluding hydrogens is 299 g/mol. The number of halogens is 1. The first-order chi connectivity index (χ1) is 11.1. The van der Waals surface area contributed by atoms with Crippen LogP contribution in [0.4, 0.5) is 10.1 Å². The quantitative estimate of drug-likeness (QED) is 0.682. The van der Waals surface area contributed by atoms with Crippen LogP contribution in [0.1, 0.15) is 25.7 Å². The number of nitrogens with one attached hydrogen (secondary N) is 1. The van der Waals surface area contributed by atoms with Crippen molar-refractivity contribution < 1.29 is 18.7 Å². The minimum absolute atomic E-state index is 0.117. The molecule has 1 heterocycles. The molecule has 0 bridgehead atoms. The van der Waals surface area contributed by atoms with Crippen LogP contribution >= 0.6 is 0 Å². The minimum Gasteiger partial charge on any atom is -0.468 e. The number of carbonyl (C=O) groups is 2. The zero-order valence-electron chi connectivity index (χ0n) is 13.2. The van der Waals surface area contributed by atoms with Gasteiger partial charge < -0.3 is 15.0 Å². The van der Waals surface area contributed by atoms with Crippen molar-refractivity contribution in [2.45, 2.75) is 31.7 Å². The summed E-state index contributed by atoms with van der Waals surface area (Å²) in [5.74, 6) is -0.809. The van der Waals surface area contributed by atoms with Gasteiger partial charge >= 0.3 is 5.97 Å². The molecule has 1 aliphatic heterocycles. The van der Waals surface area contributed by atoms with Gasteiger partial charge in [0.05, 0.1) is 12.8 Å². The Hall–Kier alpha value is -2.11. The Morgan fingerprint density at radius 2 is 1.91 bits per heavy atom. The molecule has 0 spiro atoms. The molecule has 124 valence electrons. The number of hydrogen-bond donors (Lipinski definition) is 1. The maximum absolute atomic E-state index is 13.7. The summed E-state index contributed by atoms with van der Waals surface area (Å²) < 4.78 is 18.4. The highest BCUT2D eigenvalue weighted by Crippen LogP contribution is 2.48. The van der Waals surface area contributed by atoms with E-state index in [9.17, 15) is 14.0 Å². The molecule has 0 aromatic heterocycles. The van der Waals surface area contributed by atoms with E-state index in [1.165, 1.54) is 13.2 Å². The predicted octanol–water partition coefficient (Wildman–Crippen LogP) is 2.18. The molecule has 1 N–H and O–H groups in total. The normalized spacial score (nSPS) is 20.0. The highest BCUT2D eigenvalue weighted by atomic mass is 19.1. The molecule has 0 radical (unpaired) electrons. The highest BCUT2D eigenvalue weighted by molar-refractivity contribution is 6.05. The summed E-state index contributed by atoms with van der Waals surface area (Å²) in [6.07, 6.45) is 2.62. The lowest BCUT2D eigenvalue weighted by molar-refractivity contribution is -0.156. The van der Waals surface area contributed by atoms with Crippen LogP contribution < -0.4 is 5.32 Å². The largest absolute Gasteiger partial charge is 0.468 e. The SMILES string of the molecule is COC(=O)C1(C(=O)N2CCC(Nc3ccccc3F)CC2)CC1. The Morgan fingerprint density at radius 1 is 1.26 bits per heavy atom. The smallest absolute Gasteiger partial charge is 0.321 e. The van der Waals surface area contributed by atoms with Crippen molar-refractivity contribution in [1.82, 2.24) is 4.90 Å². The zero-order chi connectivity index (χ0) is 16.4. The summed E-state index contributed by atoms with van der Waals surface area (Å²) in [7, 11) is 1.32. The number of anilines is 1. The maximum Gasteiger partial charge on any atom is 0.321 e. The second-order valence-electron chi connectivity index (χ2n) is 6.26. The summed E-state index contributed by atoms with van der Waals surface area (Å²) in [5, 5.41) is 3.19. The van der Waals surface area contributed by atoms with Crippen molar-refractivity contribution in [1.29, 1.82) is 0 Å². The molecule has 1 aliphatic carbocycles. The monoisotopic (exact) mass is 320 g/mol. The van der Waals surface area contributed by atoms with E-state index in [2.05, 4.69) is 5.32 Å². The average molecular weight is 320 g/mol. The Labute approximate surface area is 134 Å². The molecule has 2 fully saturated rings. The standard InChI is InChI=1S/C17H21FN2O3/c1-23-16(22)17(8-9-17)15(21)20-10-6-12(7-11-20)19-14-5-3-2-4-13(14)18/h2-5,12,19H,6-11H2,1H3. The number of piperidine rings is 1. The third-order valence-electron chi connectivity index (χ3n) is 4.75. The summed E-state index contributed by atoms with van der Waals surface area (Å²) in [4.78, 5) is 26.1. The Morgan fingerprint density at radius 3 is 2.48 bits per heavy atom. The first-order valence-electron chi connectivity index (χ1n) is 7.96. The van der Waals surface area contributed by atoms with E-state index < -0.39 is 11.4 Å². The number of para-hydroxylation sites is 1. The molecule has 1 saturated heterocycles. The molecule has 5 nitrogen and oxygen atoms in total. The molecule has 2 aliphatic rings. The molecule has 0 unspecified atom stereocenters. The Kier molecular flexibility index (Phi) is 4.24. The summed E-state index contributed by atoms with van der Waals surface area (Å²) >= 11 is 0. The van der Waals surface area contributed by atoms with Crippen LogP contribution in [-0.2, 0) is 14.3 Å². The van der Waals surface area contributed by atoms with Crippen molar-refractivity contribution in [2.24, 2.45) is 5.41 Å².